The maximum atomic E-state index is 10.5. The SMILES string of the molecule is O=NCCC1CCCCN1c1ncnc2[nH]c3ccc(O)cc3c12. The van der Waals surface area contributed by atoms with Crippen LogP contribution < -0.4 is 4.90 Å². The fourth-order valence-corrected chi connectivity index (χ4v) is 3.69. The van der Waals surface area contributed by atoms with Crippen molar-refractivity contribution in [3.05, 3.63) is 29.4 Å². The molecule has 4 rings (SSSR count). The number of rotatable bonds is 4. The molecule has 0 bridgehead atoms. The van der Waals surface area contributed by atoms with Crippen molar-refractivity contribution in [3.8, 4) is 5.75 Å². The van der Waals surface area contributed by atoms with E-state index in [1.807, 2.05) is 6.07 Å². The van der Waals surface area contributed by atoms with Crippen molar-refractivity contribution in [1.82, 2.24) is 15.0 Å². The van der Waals surface area contributed by atoms with Crippen LogP contribution in [-0.4, -0.2) is 39.2 Å². The number of phenolic OH excluding ortho intramolecular Hbond substituents is 1. The number of piperidine rings is 1. The van der Waals surface area contributed by atoms with Gasteiger partial charge in [-0.1, -0.05) is 5.18 Å². The summed E-state index contributed by atoms with van der Waals surface area (Å²) in [6.07, 6.45) is 5.60. The molecule has 0 aliphatic carbocycles. The topological polar surface area (TPSA) is 94.5 Å². The predicted molar refractivity (Wildman–Crippen MR) is 93.3 cm³/mol. The molecule has 24 heavy (non-hydrogen) atoms. The van der Waals surface area contributed by atoms with Crippen molar-refractivity contribution in [3.63, 3.8) is 0 Å². The third-order valence-corrected chi connectivity index (χ3v) is 4.81. The summed E-state index contributed by atoms with van der Waals surface area (Å²) in [5.74, 6) is 1.09. The van der Waals surface area contributed by atoms with Crippen LogP contribution in [0.15, 0.2) is 29.7 Å². The highest BCUT2D eigenvalue weighted by atomic mass is 16.3. The fourth-order valence-electron chi connectivity index (χ4n) is 3.69. The summed E-state index contributed by atoms with van der Waals surface area (Å²) in [5.41, 5.74) is 1.69. The summed E-state index contributed by atoms with van der Waals surface area (Å²) < 4.78 is 0. The lowest BCUT2D eigenvalue weighted by atomic mass is 9.99. The maximum Gasteiger partial charge on any atom is 0.143 e. The van der Waals surface area contributed by atoms with E-state index in [0.717, 1.165) is 60.0 Å². The second-order valence-corrected chi connectivity index (χ2v) is 6.26. The van der Waals surface area contributed by atoms with Crippen LogP contribution in [0.5, 0.6) is 5.75 Å². The maximum absolute atomic E-state index is 10.5. The van der Waals surface area contributed by atoms with E-state index in [4.69, 9.17) is 0 Å². The van der Waals surface area contributed by atoms with Crippen molar-refractivity contribution in [2.24, 2.45) is 5.18 Å². The number of nitrogens with zero attached hydrogens (tertiary/aromatic N) is 4. The average molecular weight is 325 g/mol. The Hall–Kier alpha value is -2.70. The van der Waals surface area contributed by atoms with Crippen LogP contribution in [0.25, 0.3) is 21.9 Å². The van der Waals surface area contributed by atoms with E-state index < -0.39 is 0 Å². The quantitative estimate of drug-likeness (QED) is 0.717. The van der Waals surface area contributed by atoms with Gasteiger partial charge in [-0.15, -0.1) is 0 Å². The van der Waals surface area contributed by atoms with Gasteiger partial charge in [-0.3, -0.25) is 0 Å². The Bertz CT molecular complexity index is 891. The Balaban J connectivity index is 1.86. The van der Waals surface area contributed by atoms with Crippen molar-refractivity contribution in [2.45, 2.75) is 31.7 Å². The first kappa shape index (κ1) is 14.9. The first-order valence-electron chi connectivity index (χ1n) is 8.29. The highest BCUT2D eigenvalue weighted by Crippen LogP contribution is 2.35. The Morgan fingerprint density at radius 2 is 2.25 bits per heavy atom. The molecule has 0 radical (unpaired) electrons. The molecule has 0 spiro atoms. The van der Waals surface area contributed by atoms with E-state index >= 15 is 0 Å². The van der Waals surface area contributed by atoms with E-state index in [1.165, 1.54) is 0 Å². The van der Waals surface area contributed by atoms with Gasteiger partial charge in [-0.2, -0.15) is 4.91 Å². The van der Waals surface area contributed by atoms with Gasteiger partial charge in [0, 0.05) is 23.5 Å². The molecule has 2 aromatic heterocycles. The second-order valence-electron chi connectivity index (χ2n) is 6.26. The molecule has 0 amide bonds. The number of fused-ring (bicyclic) bond motifs is 3. The van der Waals surface area contributed by atoms with Crippen LogP contribution in [0.3, 0.4) is 0 Å². The molecule has 1 saturated heterocycles. The summed E-state index contributed by atoms with van der Waals surface area (Å²) in [6, 6.07) is 5.51. The zero-order valence-electron chi connectivity index (χ0n) is 13.3. The van der Waals surface area contributed by atoms with Crippen molar-refractivity contribution in [2.75, 3.05) is 18.0 Å². The lowest BCUT2D eigenvalue weighted by Crippen LogP contribution is -2.40. The number of phenols is 1. The number of aromatic amines is 1. The van der Waals surface area contributed by atoms with E-state index in [2.05, 4.69) is 25.0 Å². The van der Waals surface area contributed by atoms with Gasteiger partial charge in [0.25, 0.3) is 0 Å². The number of benzene rings is 1. The van der Waals surface area contributed by atoms with Crippen molar-refractivity contribution >= 4 is 27.8 Å². The second kappa shape index (κ2) is 6.07. The largest absolute Gasteiger partial charge is 0.508 e. The molecule has 0 saturated carbocycles. The van der Waals surface area contributed by atoms with Gasteiger partial charge >= 0.3 is 0 Å². The number of anilines is 1. The molecule has 1 aliphatic heterocycles. The third-order valence-electron chi connectivity index (χ3n) is 4.81. The van der Waals surface area contributed by atoms with Crippen LogP contribution >= 0.6 is 0 Å². The number of nitroso groups, excluding NO2 is 1. The van der Waals surface area contributed by atoms with Crippen LogP contribution in [0.2, 0.25) is 0 Å². The first-order valence-corrected chi connectivity index (χ1v) is 8.29. The van der Waals surface area contributed by atoms with E-state index in [0.29, 0.717) is 6.54 Å². The molecular weight excluding hydrogens is 306 g/mol. The monoisotopic (exact) mass is 325 g/mol. The standard InChI is InChI=1S/C17H19N5O2/c23-12-4-5-14-13(9-12)15-16(21-14)18-10-19-17(15)22-8-2-1-3-11(22)6-7-20-24/h4-5,9-11,23H,1-3,6-8H2,(H,18,19,21). The molecule has 3 heterocycles. The van der Waals surface area contributed by atoms with Crippen LogP contribution in [-0.2, 0) is 0 Å². The lowest BCUT2D eigenvalue weighted by Gasteiger charge is -2.36. The normalized spacial score (nSPS) is 18.3. The van der Waals surface area contributed by atoms with Gasteiger partial charge in [0.15, 0.2) is 0 Å². The number of hydrogen-bond donors (Lipinski definition) is 2. The molecule has 1 aliphatic rings. The zero-order valence-corrected chi connectivity index (χ0v) is 13.3. The molecule has 7 nitrogen and oxygen atoms in total. The van der Waals surface area contributed by atoms with E-state index in [9.17, 15) is 10.0 Å². The fraction of sp³-hybridized carbons (Fsp3) is 0.412. The summed E-state index contributed by atoms with van der Waals surface area (Å²) >= 11 is 0. The van der Waals surface area contributed by atoms with Crippen LogP contribution in [0.1, 0.15) is 25.7 Å². The summed E-state index contributed by atoms with van der Waals surface area (Å²) in [6.45, 7) is 1.23. The Labute approximate surface area is 138 Å². The third kappa shape index (κ3) is 2.46. The molecule has 1 atom stereocenters. The molecule has 1 fully saturated rings. The minimum absolute atomic E-state index is 0.221. The Morgan fingerprint density at radius 1 is 1.33 bits per heavy atom. The van der Waals surface area contributed by atoms with E-state index in [-0.39, 0.29) is 11.8 Å². The van der Waals surface area contributed by atoms with Crippen LogP contribution in [0.4, 0.5) is 5.82 Å². The molecular formula is C17H19N5O2. The highest BCUT2D eigenvalue weighted by molar-refractivity contribution is 6.11. The van der Waals surface area contributed by atoms with Gasteiger partial charge in [-0.05, 0) is 43.9 Å². The molecule has 1 aromatic carbocycles. The van der Waals surface area contributed by atoms with Crippen molar-refractivity contribution < 1.29 is 5.11 Å². The Kier molecular flexibility index (Phi) is 3.76. The number of aromatic hydroxyl groups is 1. The summed E-state index contributed by atoms with van der Waals surface area (Å²) in [4.78, 5) is 25.0. The van der Waals surface area contributed by atoms with E-state index in [1.54, 1.807) is 18.5 Å². The van der Waals surface area contributed by atoms with Gasteiger partial charge in [0.1, 0.15) is 23.5 Å². The minimum Gasteiger partial charge on any atom is -0.508 e. The zero-order chi connectivity index (χ0) is 16.5. The number of H-pyrrole nitrogens is 1. The number of hydrogen-bond acceptors (Lipinski definition) is 6. The lowest BCUT2D eigenvalue weighted by molar-refractivity contribution is 0.440. The first-order chi connectivity index (χ1) is 11.8. The molecule has 1 unspecified atom stereocenters. The summed E-state index contributed by atoms with van der Waals surface area (Å²) in [7, 11) is 0. The van der Waals surface area contributed by atoms with Gasteiger partial charge in [0.05, 0.1) is 11.9 Å². The summed E-state index contributed by atoms with van der Waals surface area (Å²) in [5, 5.41) is 14.7. The molecule has 7 heteroatoms. The van der Waals surface area contributed by atoms with Crippen LogP contribution in [0, 0.1) is 4.91 Å². The molecule has 3 aromatic rings. The van der Waals surface area contributed by atoms with Gasteiger partial charge in [0.2, 0.25) is 0 Å². The predicted octanol–water partition coefficient (Wildman–Crippen LogP) is 3.33. The smallest absolute Gasteiger partial charge is 0.143 e. The Morgan fingerprint density at radius 3 is 3.12 bits per heavy atom. The number of nitrogens with one attached hydrogen (secondary N) is 1. The molecule has 2 N–H and O–H groups in total. The number of aromatic nitrogens is 3. The molecule has 124 valence electrons. The van der Waals surface area contributed by atoms with Gasteiger partial charge < -0.3 is 15.0 Å². The average Bonchev–Trinajstić information content (AvgIpc) is 2.98. The minimum atomic E-state index is 0.221. The highest BCUT2D eigenvalue weighted by Gasteiger charge is 2.26. The van der Waals surface area contributed by atoms with Gasteiger partial charge in [-0.25, -0.2) is 9.97 Å². The van der Waals surface area contributed by atoms with Crippen molar-refractivity contribution in [1.29, 1.82) is 0 Å².